The van der Waals surface area contributed by atoms with Crippen molar-refractivity contribution in [1.29, 1.82) is 0 Å². The number of ether oxygens (including phenoxy) is 3. The van der Waals surface area contributed by atoms with Crippen LogP contribution >= 0.6 is 0 Å². The molecule has 0 radical (unpaired) electrons. The third-order valence-electron chi connectivity index (χ3n) is 5.69. The molecule has 3 rings (SSSR count). The molecule has 6 heteroatoms. The van der Waals surface area contributed by atoms with Crippen LogP contribution in [0.15, 0.2) is 12.2 Å². The molecule has 1 N–H and O–H groups in total. The van der Waals surface area contributed by atoms with E-state index >= 15 is 0 Å². The van der Waals surface area contributed by atoms with Crippen molar-refractivity contribution in [2.75, 3.05) is 6.61 Å². The maximum atomic E-state index is 11.7. The Bertz CT molecular complexity index is 557. The molecule has 128 valence electrons. The van der Waals surface area contributed by atoms with E-state index in [0.29, 0.717) is 25.0 Å². The average Bonchev–Trinajstić information content (AvgIpc) is 3.01. The van der Waals surface area contributed by atoms with Crippen molar-refractivity contribution in [2.24, 2.45) is 11.8 Å². The molecule has 0 aromatic rings. The third kappa shape index (κ3) is 2.31. The smallest absolute Gasteiger partial charge is 0.334 e. The summed E-state index contributed by atoms with van der Waals surface area (Å²) in [6.07, 6.45) is 0.888. The fraction of sp³-hybridized carbons (Fsp3) is 0.765. The minimum Gasteiger partial charge on any atom is -0.466 e. The summed E-state index contributed by atoms with van der Waals surface area (Å²) in [5, 5.41) is 10.9. The lowest BCUT2D eigenvalue weighted by atomic mass is 9.65. The van der Waals surface area contributed by atoms with Crippen molar-refractivity contribution < 1.29 is 28.9 Å². The van der Waals surface area contributed by atoms with Gasteiger partial charge in [-0.25, -0.2) is 4.79 Å². The number of aliphatic hydroxyl groups excluding tert-OH is 1. The summed E-state index contributed by atoms with van der Waals surface area (Å²) in [5.41, 5.74) is -0.827. The van der Waals surface area contributed by atoms with E-state index in [9.17, 15) is 14.7 Å². The van der Waals surface area contributed by atoms with Crippen molar-refractivity contribution in [3.8, 4) is 0 Å². The number of epoxide rings is 1. The fourth-order valence-electron chi connectivity index (χ4n) is 4.51. The van der Waals surface area contributed by atoms with Gasteiger partial charge in [-0.3, -0.25) is 4.79 Å². The largest absolute Gasteiger partial charge is 0.466 e. The number of aliphatic hydroxyl groups is 1. The molecule has 1 aliphatic carbocycles. The van der Waals surface area contributed by atoms with E-state index in [4.69, 9.17) is 14.2 Å². The molecule has 0 bridgehead atoms. The lowest BCUT2D eigenvalue weighted by Gasteiger charge is -2.38. The van der Waals surface area contributed by atoms with Crippen LogP contribution in [-0.4, -0.2) is 47.1 Å². The highest BCUT2D eigenvalue weighted by molar-refractivity contribution is 5.91. The van der Waals surface area contributed by atoms with E-state index in [-0.39, 0.29) is 18.0 Å². The van der Waals surface area contributed by atoms with Gasteiger partial charge in [-0.05, 0) is 25.7 Å². The van der Waals surface area contributed by atoms with Gasteiger partial charge in [-0.2, -0.15) is 0 Å². The Morgan fingerprint density at radius 1 is 1.57 bits per heavy atom. The number of hydrogen-bond donors (Lipinski definition) is 1. The Hall–Kier alpha value is -1.40. The maximum Gasteiger partial charge on any atom is 0.334 e. The summed E-state index contributed by atoms with van der Waals surface area (Å²) in [5.74, 6) is -1.03. The summed E-state index contributed by atoms with van der Waals surface area (Å²) in [6, 6.07) is 0. The highest BCUT2D eigenvalue weighted by atomic mass is 16.6. The molecule has 23 heavy (non-hydrogen) atoms. The Balaban J connectivity index is 1.70. The van der Waals surface area contributed by atoms with Crippen molar-refractivity contribution >= 4 is 11.9 Å². The monoisotopic (exact) mass is 324 g/mol. The fourth-order valence-corrected chi connectivity index (χ4v) is 4.51. The molecule has 2 heterocycles. The van der Waals surface area contributed by atoms with Gasteiger partial charge in [-0.1, -0.05) is 13.5 Å². The van der Waals surface area contributed by atoms with E-state index in [1.165, 1.54) is 6.92 Å². The normalized spacial score (nSPS) is 42.5. The molecule has 2 aliphatic heterocycles. The summed E-state index contributed by atoms with van der Waals surface area (Å²) in [4.78, 5) is 22.6. The van der Waals surface area contributed by atoms with E-state index in [1.54, 1.807) is 0 Å². The van der Waals surface area contributed by atoms with E-state index in [1.807, 2.05) is 13.8 Å². The van der Waals surface area contributed by atoms with Crippen LogP contribution in [0.3, 0.4) is 0 Å². The van der Waals surface area contributed by atoms with Crippen molar-refractivity contribution in [3.05, 3.63) is 12.2 Å². The highest BCUT2D eigenvalue weighted by Gasteiger charge is 2.78. The Morgan fingerprint density at radius 3 is 2.91 bits per heavy atom. The minimum absolute atomic E-state index is 0.0718. The molecule has 0 amide bonds. The molecule has 6 atom stereocenters. The second kappa shape index (κ2) is 5.31. The quantitative estimate of drug-likeness (QED) is 0.356. The van der Waals surface area contributed by atoms with Crippen LogP contribution in [0.2, 0.25) is 0 Å². The second-order valence-electron chi connectivity index (χ2n) is 7.15. The Kier molecular flexibility index (Phi) is 3.80. The molecule has 0 aromatic heterocycles. The average molecular weight is 324 g/mol. The van der Waals surface area contributed by atoms with Gasteiger partial charge in [-0.15, -0.1) is 0 Å². The van der Waals surface area contributed by atoms with Crippen molar-refractivity contribution in [3.63, 3.8) is 0 Å². The first kappa shape index (κ1) is 16.5. The zero-order valence-corrected chi connectivity index (χ0v) is 13.8. The maximum absolute atomic E-state index is 11.7. The van der Waals surface area contributed by atoms with Crippen LogP contribution < -0.4 is 0 Å². The number of hydrogen-bond acceptors (Lipinski definition) is 6. The SMILES string of the molecule is C=C1C(=O)O[C@@H]2C[C@@]3(C)O[C@@]3([C@@H](C)CCCOC(C)=O)[C@@H](O)[C@H]12. The molecule has 6 nitrogen and oxygen atoms in total. The molecule has 3 aliphatic rings. The van der Waals surface area contributed by atoms with Gasteiger partial charge in [0.05, 0.1) is 18.6 Å². The van der Waals surface area contributed by atoms with Gasteiger partial charge in [0.25, 0.3) is 0 Å². The third-order valence-corrected chi connectivity index (χ3v) is 5.69. The van der Waals surface area contributed by atoms with Gasteiger partial charge in [0, 0.05) is 18.9 Å². The van der Waals surface area contributed by atoms with Gasteiger partial charge in [0.15, 0.2) is 0 Å². The summed E-state index contributed by atoms with van der Waals surface area (Å²) < 4.78 is 16.3. The van der Waals surface area contributed by atoms with Crippen molar-refractivity contribution in [2.45, 2.75) is 63.4 Å². The molecular formula is C17H24O6. The second-order valence-corrected chi connectivity index (χ2v) is 7.15. The van der Waals surface area contributed by atoms with Gasteiger partial charge in [0.1, 0.15) is 17.3 Å². The summed E-state index contributed by atoms with van der Waals surface area (Å²) in [6.45, 7) is 9.53. The Labute approximate surface area is 135 Å². The lowest BCUT2D eigenvalue weighted by molar-refractivity contribution is -0.142. The first-order valence-corrected chi connectivity index (χ1v) is 8.14. The zero-order chi connectivity index (χ0) is 17.0. The predicted octanol–water partition coefficient (Wildman–Crippen LogP) is 1.36. The zero-order valence-electron chi connectivity index (χ0n) is 13.8. The molecule has 2 saturated heterocycles. The molecular weight excluding hydrogens is 300 g/mol. The predicted molar refractivity (Wildman–Crippen MR) is 80.4 cm³/mol. The highest BCUT2D eigenvalue weighted by Crippen LogP contribution is 2.65. The molecule has 0 unspecified atom stereocenters. The topological polar surface area (TPSA) is 85.4 Å². The summed E-state index contributed by atoms with van der Waals surface area (Å²) >= 11 is 0. The molecule has 0 spiro atoms. The van der Waals surface area contributed by atoms with Crippen LogP contribution in [0.1, 0.15) is 40.0 Å². The van der Waals surface area contributed by atoms with E-state index in [0.717, 1.165) is 6.42 Å². The van der Waals surface area contributed by atoms with Crippen molar-refractivity contribution in [1.82, 2.24) is 0 Å². The molecule has 1 saturated carbocycles. The van der Waals surface area contributed by atoms with Crippen LogP contribution in [-0.2, 0) is 23.8 Å². The van der Waals surface area contributed by atoms with Gasteiger partial charge in [0.2, 0.25) is 0 Å². The number of carbonyl (C=O) groups is 2. The first-order chi connectivity index (χ1) is 10.7. The first-order valence-electron chi connectivity index (χ1n) is 8.14. The Morgan fingerprint density at radius 2 is 2.26 bits per heavy atom. The molecule has 3 fully saturated rings. The van der Waals surface area contributed by atoms with Gasteiger partial charge < -0.3 is 19.3 Å². The lowest BCUT2D eigenvalue weighted by Crippen LogP contribution is -2.53. The standard InChI is InChI=1S/C17H24O6/c1-9(6-5-7-21-11(3)18)17-14(19)13-10(2)15(20)22-12(13)8-16(17,4)23-17/h9,12-14,19H,2,5-8H2,1,3-4H3/t9-,12+,13+,14-,16+,17-/m0/s1. The number of rotatable bonds is 5. The molecule has 0 aromatic carbocycles. The van der Waals surface area contributed by atoms with Crippen LogP contribution in [0, 0.1) is 11.8 Å². The summed E-state index contributed by atoms with van der Waals surface area (Å²) in [7, 11) is 0. The van der Waals surface area contributed by atoms with Crippen LogP contribution in [0.5, 0.6) is 0 Å². The van der Waals surface area contributed by atoms with Crippen LogP contribution in [0.25, 0.3) is 0 Å². The van der Waals surface area contributed by atoms with E-state index < -0.39 is 29.2 Å². The minimum atomic E-state index is -0.811. The van der Waals surface area contributed by atoms with E-state index in [2.05, 4.69) is 6.58 Å². The van der Waals surface area contributed by atoms with Gasteiger partial charge >= 0.3 is 11.9 Å². The number of fused-ring (bicyclic) bond motifs is 2. The van der Waals surface area contributed by atoms with Crippen LogP contribution in [0.4, 0.5) is 0 Å². The number of esters is 2. The number of carbonyl (C=O) groups excluding carboxylic acids is 2.